The van der Waals surface area contributed by atoms with Crippen LogP contribution in [0.15, 0.2) is 55.1 Å². The van der Waals surface area contributed by atoms with E-state index in [0.717, 1.165) is 34.5 Å². The molecule has 3 aromatic rings. The molecule has 0 spiro atoms. The molecule has 0 saturated heterocycles. The van der Waals surface area contributed by atoms with Crippen LogP contribution in [0.4, 0.5) is 16.2 Å². The van der Waals surface area contributed by atoms with Crippen molar-refractivity contribution in [2.75, 3.05) is 23.8 Å². The maximum atomic E-state index is 12.5. The average Bonchev–Trinajstić information content (AvgIpc) is 3.31. The van der Waals surface area contributed by atoms with Gasteiger partial charge in [0.05, 0.1) is 24.5 Å². The number of ether oxygens (including phenoxy) is 1. The van der Waals surface area contributed by atoms with Crippen LogP contribution in [0.5, 0.6) is 0 Å². The summed E-state index contributed by atoms with van der Waals surface area (Å²) in [4.78, 5) is 32.4. The van der Waals surface area contributed by atoms with Gasteiger partial charge in [-0.2, -0.15) is 5.10 Å². The average molecular weight is 505 g/mol. The molecule has 37 heavy (non-hydrogen) atoms. The van der Waals surface area contributed by atoms with E-state index < -0.39 is 5.60 Å². The third-order valence-electron chi connectivity index (χ3n) is 6.36. The van der Waals surface area contributed by atoms with Crippen LogP contribution >= 0.6 is 0 Å². The maximum absolute atomic E-state index is 12.5. The fourth-order valence-electron chi connectivity index (χ4n) is 4.63. The van der Waals surface area contributed by atoms with E-state index in [9.17, 15) is 9.59 Å². The number of carbonyl (C=O) groups is 2. The van der Waals surface area contributed by atoms with Crippen molar-refractivity contribution in [3.05, 3.63) is 60.7 Å². The fourth-order valence-corrected chi connectivity index (χ4v) is 4.63. The first-order chi connectivity index (χ1) is 17.5. The number of aromatic nitrogens is 3. The van der Waals surface area contributed by atoms with Gasteiger partial charge in [-0.1, -0.05) is 6.07 Å². The van der Waals surface area contributed by atoms with E-state index in [1.165, 1.54) is 0 Å². The smallest absolute Gasteiger partial charge is 0.410 e. The van der Waals surface area contributed by atoms with Crippen LogP contribution < -0.4 is 10.2 Å². The summed E-state index contributed by atoms with van der Waals surface area (Å²) in [6.45, 7) is 10.3. The largest absolute Gasteiger partial charge is 0.444 e. The number of likely N-dealkylation sites (N-methyl/N-ethyl adjacent to an activating group) is 1. The van der Waals surface area contributed by atoms with Crippen LogP contribution in [0.3, 0.4) is 0 Å². The minimum absolute atomic E-state index is 0.0299. The molecule has 1 aromatic carbocycles. The first-order valence-corrected chi connectivity index (χ1v) is 12.6. The quantitative estimate of drug-likeness (QED) is 0.502. The summed E-state index contributed by atoms with van der Waals surface area (Å²) in [6, 6.07) is 10.2. The molecule has 0 unspecified atom stereocenters. The molecule has 0 saturated carbocycles. The third-order valence-corrected chi connectivity index (χ3v) is 6.36. The Labute approximate surface area is 218 Å². The molecule has 1 N–H and O–H groups in total. The van der Waals surface area contributed by atoms with Crippen LogP contribution in [0.25, 0.3) is 11.1 Å². The maximum Gasteiger partial charge on any atom is 0.410 e. The highest BCUT2D eigenvalue weighted by atomic mass is 16.6. The minimum Gasteiger partial charge on any atom is -0.444 e. The zero-order valence-electron chi connectivity index (χ0n) is 22.4. The van der Waals surface area contributed by atoms with Crippen molar-refractivity contribution in [1.29, 1.82) is 0 Å². The van der Waals surface area contributed by atoms with Crippen LogP contribution in [0.2, 0.25) is 0 Å². The molecule has 1 aliphatic rings. The van der Waals surface area contributed by atoms with Crippen molar-refractivity contribution in [3.63, 3.8) is 0 Å². The van der Waals surface area contributed by atoms with Crippen molar-refractivity contribution < 1.29 is 14.3 Å². The number of hydrogen-bond donors (Lipinski definition) is 1. The van der Waals surface area contributed by atoms with E-state index in [2.05, 4.69) is 28.4 Å². The number of benzene rings is 1. The van der Waals surface area contributed by atoms with Crippen molar-refractivity contribution in [1.82, 2.24) is 19.7 Å². The molecular weight excluding hydrogens is 468 g/mol. The van der Waals surface area contributed by atoms with Crippen molar-refractivity contribution >= 4 is 23.4 Å². The van der Waals surface area contributed by atoms with E-state index in [0.29, 0.717) is 13.1 Å². The first-order valence-electron chi connectivity index (χ1n) is 12.6. The zero-order valence-corrected chi connectivity index (χ0v) is 22.4. The highest BCUT2D eigenvalue weighted by Crippen LogP contribution is 2.41. The number of carbonyl (C=O) groups excluding carboxylic acids is 2. The lowest BCUT2D eigenvalue weighted by Gasteiger charge is -2.39. The Morgan fingerprint density at radius 2 is 1.97 bits per heavy atom. The standard InChI is InChI=1S/C28H36N6O3/c1-19-14-25(31-23-8-7-11-29-17-23)24-15-21(9-10-26(24)34(19)20(2)35)22-16-30-33(18-22)13-12-32(6)27(36)37-28(3,4)5/h7-11,15-19,25,31H,12-14H2,1-6H3/t19-,25+/m0/s1. The predicted octanol–water partition coefficient (Wildman–Crippen LogP) is 5.11. The van der Waals surface area contributed by atoms with Crippen LogP contribution in [-0.4, -0.2) is 56.9 Å². The number of anilines is 2. The van der Waals surface area contributed by atoms with Gasteiger partial charge in [-0.3, -0.25) is 14.5 Å². The van der Waals surface area contributed by atoms with Gasteiger partial charge in [0.25, 0.3) is 0 Å². The second-order valence-corrected chi connectivity index (χ2v) is 10.6. The molecule has 0 radical (unpaired) electrons. The number of nitrogens with zero attached hydrogens (tertiary/aromatic N) is 5. The second-order valence-electron chi connectivity index (χ2n) is 10.6. The predicted molar refractivity (Wildman–Crippen MR) is 144 cm³/mol. The van der Waals surface area contributed by atoms with Gasteiger partial charge in [-0.05, 0) is 69.5 Å². The molecule has 0 fully saturated rings. The number of amides is 2. The molecule has 196 valence electrons. The highest BCUT2D eigenvalue weighted by Gasteiger charge is 2.32. The summed E-state index contributed by atoms with van der Waals surface area (Å²) in [7, 11) is 1.72. The van der Waals surface area contributed by atoms with Crippen molar-refractivity contribution in [2.24, 2.45) is 0 Å². The topological polar surface area (TPSA) is 92.6 Å². The molecule has 3 heterocycles. The third kappa shape index (κ3) is 6.28. The Balaban J connectivity index is 1.55. The Kier molecular flexibility index (Phi) is 7.52. The fraction of sp³-hybridized carbons (Fsp3) is 0.429. The second kappa shape index (κ2) is 10.6. The summed E-state index contributed by atoms with van der Waals surface area (Å²) in [6.07, 6.45) is 7.78. The molecule has 0 bridgehead atoms. The normalized spacial score (nSPS) is 17.2. The van der Waals surface area contributed by atoms with Gasteiger partial charge >= 0.3 is 6.09 Å². The zero-order chi connectivity index (χ0) is 26.7. The van der Waals surface area contributed by atoms with Gasteiger partial charge in [0.15, 0.2) is 0 Å². The summed E-state index contributed by atoms with van der Waals surface area (Å²) in [5.41, 5.74) is 4.37. The van der Waals surface area contributed by atoms with Gasteiger partial charge in [0.2, 0.25) is 5.91 Å². The van der Waals surface area contributed by atoms with Crippen LogP contribution in [0.1, 0.15) is 52.6 Å². The molecular formula is C28H36N6O3. The van der Waals surface area contributed by atoms with Crippen LogP contribution in [0, 0.1) is 0 Å². The lowest BCUT2D eigenvalue weighted by atomic mass is 9.89. The Morgan fingerprint density at radius 1 is 1.19 bits per heavy atom. The lowest BCUT2D eigenvalue weighted by molar-refractivity contribution is -0.117. The van der Waals surface area contributed by atoms with E-state index in [1.54, 1.807) is 25.1 Å². The molecule has 0 aliphatic carbocycles. The van der Waals surface area contributed by atoms with Crippen molar-refractivity contribution in [2.45, 2.75) is 65.3 Å². The van der Waals surface area contributed by atoms with Gasteiger partial charge in [-0.25, -0.2) is 4.79 Å². The molecule has 2 atom stereocenters. The van der Waals surface area contributed by atoms with E-state index in [-0.39, 0.29) is 24.1 Å². The number of pyridine rings is 1. The number of fused-ring (bicyclic) bond motifs is 1. The SMILES string of the molecule is CC(=O)N1c2ccc(-c3cnn(CCN(C)C(=O)OC(C)(C)C)c3)cc2[C@H](Nc2cccnc2)C[C@@H]1C. The number of hydrogen-bond acceptors (Lipinski definition) is 6. The molecule has 2 aromatic heterocycles. The molecule has 1 aliphatic heterocycles. The Hall–Kier alpha value is -3.88. The molecule has 9 heteroatoms. The minimum atomic E-state index is -0.532. The van der Waals surface area contributed by atoms with Gasteiger partial charge < -0.3 is 19.9 Å². The Morgan fingerprint density at radius 3 is 2.65 bits per heavy atom. The Bertz CT molecular complexity index is 1250. The lowest BCUT2D eigenvalue weighted by Crippen LogP contribution is -2.43. The molecule has 9 nitrogen and oxygen atoms in total. The number of rotatable bonds is 6. The molecule has 4 rings (SSSR count). The summed E-state index contributed by atoms with van der Waals surface area (Å²) in [5, 5.41) is 8.10. The van der Waals surface area contributed by atoms with Gasteiger partial charge in [0.1, 0.15) is 5.60 Å². The van der Waals surface area contributed by atoms with Crippen LogP contribution in [-0.2, 0) is 16.1 Å². The number of nitrogens with one attached hydrogen (secondary N) is 1. The van der Waals surface area contributed by atoms with Crippen molar-refractivity contribution in [3.8, 4) is 11.1 Å². The molecule has 2 amide bonds. The summed E-state index contributed by atoms with van der Waals surface area (Å²) < 4.78 is 7.24. The van der Waals surface area contributed by atoms with Gasteiger partial charge in [0, 0.05) is 56.4 Å². The van der Waals surface area contributed by atoms with Gasteiger partial charge in [-0.15, -0.1) is 0 Å². The van der Waals surface area contributed by atoms with E-state index in [4.69, 9.17) is 4.74 Å². The summed E-state index contributed by atoms with van der Waals surface area (Å²) >= 11 is 0. The van der Waals surface area contributed by atoms with E-state index >= 15 is 0 Å². The summed E-state index contributed by atoms with van der Waals surface area (Å²) in [5.74, 6) is 0.0308. The van der Waals surface area contributed by atoms with E-state index in [1.807, 2.05) is 73.2 Å². The first kappa shape index (κ1) is 26.2. The monoisotopic (exact) mass is 504 g/mol. The highest BCUT2D eigenvalue weighted by molar-refractivity contribution is 5.94.